The molecule has 2 N–H and O–H groups in total. The van der Waals surface area contributed by atoms with Crippen molar-refractivity contribution in [1.82, 2.24) is 10.2 Å². The number of aliphatic carboxylic acids is 1. The number of nitrogens with zero attached hydrogens (tertiary/aromatic N) is 1. The molecule has 1 amide bonds. The van der Waals surface area contributed by atoms with Crippen LogP contribution in [0.2, 0.25) is 0 Å². The molecule has 0 radical (unpaired) electrons. The van der Waals surface area contributed by atoms with E-state index in [1.807, 2.05) is 6.92 Å². The maximum absolute atomic E-state index is 12.2. The molecule has 2 fully saturated rings. The molecule has 2 aliphatic heterocycles. The summed E-state index contributed by atoms with van der Waals surface area (Å²) in [6.45, 7) is 3.47. The van der Waals surface area contributed by atoms with Crippen molar-refractivity contribution in [2.45, 2.75) is 38.3 Å². The van der Waals surface area contributed by atoms with E-state index in [-0.39, 0.29) is 11.9 Å². The summed E-state index contributed by atoms with van der Waals surface area (Å²) in [6.07, 6.45) is 2.37. The van der Waals surface area contributed by atoms with Gasteiger partial charge in [-0.1, -0.05) is 6.92 Å². The summed E-state index contributed by atoms with van der Waals surface area (Å²) in [4.78, 5) is 24.7. The number of hydrogen-bond acceptors (Lipinski definition) is 3. The van der Waals surface area contributed by atoms with E-state index in [4.69, 9.17) is 5.11 Å². The lowest BCUT2D eigenvalue weighted by atomic mass is 10.0. The second-order valence-electron chi connectivity index (χ2n) is 4.73. The summed E-state index contributed by atoms with van der Waals surface area (Å²) >= 11 is 0. The highest BCUT2D eigenvalue weighted by atomic mass is 16.4. The highest BCUT2D eigenvalue weighted by Crippen LogP contribution is 2.23. The molecule has 0 aromatic heterocycles. The fourth-order valence-corrected chi connectivity index (χ4v) is 2.63. The number of carboxylic acid groups (broad SMARTS) is 1. The second-order valence-corrected chi connectivity index (χ2v) is 4.73. The van der Waals surface area contributed by atoms with Crippen molar-refractivity contribution >= 4 is 11.9 Å². The number of rotatable bonds is 2. The van der Waals surface area contributed by atoms with Crippen LogP contribution < -0.4 is 5.32 Å². The van der Waals surface area contributed by atoms with Crippen LogP contribution >= 0.6 is 0 Å². The molecule has 0 aromatic rings. The van der Waals surface area contributed by atoms with Gasteiger partial charge in [-0.2, -0.15) is 0 Å². The minimum Gasteiger partial charge on any atom is -0.480 e. The van der Waals surface area contributed by atoms with Gasteiger partial charge < -0.3 is 15.3 Å². The molecule has 5 nitrogen and oxygen atoms in total. The van der Waals surface area contributed by atoms with Crippen molar-refractivity contribution in [3.05, 3.63) is 0 Å². The molecule has 0 spiro atoms. The van der Waals surface area contributed by atoms with Gasteiger partial charge in [-0.3, -0.25) is 4.79 Å². The lowest BCUT2D eigenvalue weighted by molar-refractivity contribution is -0.149. The van der Waals surface area contributed by atoms with Gasteiger partial charge in [0, 0.05) is 6.54 Å². The molecule has 2 saturated heterocycles. The standard InChI is InChI=1S/C11H18N2O3/c1-7-4-5-12-9(7)10(14)13-6-2-3-8(13)11(15)16/h7-9,12H,2-6H2,1H3,(H,15,16)/t7?,8-,9?/m1/s1. The summed E-state index contributed by atoms with van der Waals surface area (Å²) in [7, 11) is 0. The molecular formula is C11H18N2O3. The predicted octanol–water partition coefficient (Wildman–Crippen LogP) is 0.0600. The van der Waals surface area contributed by atoms with Gasteiger partial charge in [-0.05, 0) is 31.7 Å². The van der Waals surface area contributed by atoms with Crippen molar-refractivity contribution in [3.8, 4) is 0 Å². The van der Waals surface area contributed by atoms with Crippen LogP contribution in [0.3, 0.4) is 0 Å². The summed E-state index contributed by atoms with van der Waals surface area (Å²) in [6, 6.07) is -0.790. The van der Waals surface area contributed by atoms with Crippen LogP contribution in [0.5, 0.6) is 0 Å². The van der Waals surface area contributed by atoms with E-state index >= 15 is 0 Å². The van der Waals surface area contributed by atoms with E-state index in [2.05, 4.69) is 5.32 Å². The molecule has 0 bridgehead atoms. The third-order valence-electron chi connectivity index (χ3n) is 3.62. The van der Waals surface area contributed by atoms with Gasteiger partial charge in [0.05, 0.1) is 6.04 Å². The molecule has 90 valence electrons. The molecule has 2 rings (SSSR count). The van der Waals surface area contributed by atoms with Crippen molar-refractivity contribution in [3.63, 3.8) is 0 Å². The number of nitrogens with one attached hydrogen (secondary N) is 1. The van der Waals surface area contributed by atoms with Crippen LogP contribution in [-0.2, 0) is 9.59 Å². The Kier molecular flexibility index (Phi) is 3.14. The zero-order valence-corrected chi connectivity index (χ0v) is 9.48. The Morgan fingerprint density at radius 1 is 1.38 bits per heavy atom. The van der Waals surface area contributed by atoms with E-state index in [9.17, 15) is 9.59 Å². The number of carbonyl (C=O) groups is 2. The van der Waals surface area contributed by atoms with Crippen LogP contribution in [0.1, 0.15) is 26.2 Å². The first-order chi connectivity index (χ1) is 7.61. The van der Waals surface area contributed by atoms with E-state index in [0.29, 0.717) is 18.9 Å². The first-order valence-corrected chi connectivity index (χ1v) is 5.88. The monoisotopic (exact) mass is 226 g/mol. The predicted molar refractivity (Wildman–Crippen MR) is 57.9 cm³/mol. The van der Waals surface area contributed by atoms with Crippen molar-refractivity contribution < 1.29 is 14.7 Å². The molecule has 16 heavy (non-hydrogen) atoms. The lowest BCUT2D eigenvalue weighted by Crippen LogP contribution is -2.49. The summed E-state index contributed by atoms with van der Waals surface area (Å²) in [5, 5.41) is 12.2. The maximum atomic E-state index is 12.2. The quantitative estimate of drug-likeness (QED) is 0.698. The van der Waals surface area contributed by atoms with Gasteiger partial charge in [0.25, 0.3) is 0 Å². The van der Waals surface area contributed by atoms with E-state index < -0.39 is 12.0 Å². The van der Waals surface area contributed by atoms with Gasteiger partial charge in [0.2, 0.25) is 5.91 Å². The number of carbonyl (C=O) groups excluding carboxylic acids is 1. The van der Waals surface area contributed by atoms with E-state index in [0.717, 1.165) is 19.4 Å². The normalized spacial score (nSPS) is 34.3. The summed E-state index contributed by atoms with van der Waals surface area (Å²) in [5.41, 5.74) is 0. The lowest BCUT2D eigenvalue weighted by Gasteiger charge is -2.26. The number of carboxylic acids is 1. The van der Waals surface area contributed by atoms with E-state index in [1.54, 1.807) is 0 Å². The van der Waals surface area contributed by atoms with Gasteiger partial charge in [-0.15, -0.1) is 0 Å². The van der Waals surface area contributed by atoms with Crippen molar-refractivity contribution in [2.75, 3.05) is 13.1 Å². The fourth-order valence-electron chi connectivity index (χ4n) is 2.63. The average Bonchev–Trinajstić information content (AvgIpc) is 2.84. The largest absolute Gasteiger partial charge is 0.480 e. The number of amides is 1. The SMILES string of the molecule is CC1CCNC1C(=O)N1CCC[C@@H]1C(=O)O. The molecule has 0 saturated carbocycles. The van der Waals surface area contributed by atoms with Gasteiger partial charge >= 0.3 is 5.97 Å². The first kappa shape index (κ1) is 11.4. The Hall–Kier alpha value is -1.10. The zero-order valence-electron chi connectivity index (χ0n) is 9.48. The smallest absolute Gasteiger partial charge is 0.326 e. The van der Waals surface area contributed by atoms with Crippen LogP contribution in [-0.4, -0.2) is 47.1 Å². The summed E-state index contributed by atoms with van der Waals surface area (Å²) in [5.74, 6) is -0.603. The highest BCUT2D eigenvalue weighted by Gasteiger charge is 2.39. The molecule has 5 heteroatoms. The topological polar surface area (TPSA) is 69.6 Å². The Bertz CT molecular complexity index is 306. The highest BCUT2D eigenvalue weighted by molar-refractivity contribution is 5.88. The minimum absolute atomic E-state index is 0.0325. The van der Waals surface area contributed by atoms with Gasteiger partial charge in [0.1, 0.15) is 6.04 Å². The molecule has 2 unspecified atom stereocenters. The minimum atomic E-state index is -0.878. The molecule has 3 atom stereocenters. The molecule has 2 heterocycles. The fraction of sp³-hybridized carbons (Fsp3) is 0.818. The van der Waals surface area contributed by atoms with Crippen LogP contribution in [0.4, 0.5) is 0 Å². The maximum Gasteiger partial charge on any atom is 0.326 e. The molecular weight excluding hydrogens is 208 g/mol. The van der Waals surface area contributed by atoms with Crippen LogP contribution in [0.15, 0.2) is 0 Å². The number of likely N-dealkylation sites (tertiary alicyclic amines) is 1. The third kappa shape index (κ3) is 1.91. The van der Waals surface area contributed by atoms with E-state index in [1.165, 1.54) is 4.90 Å². The third-order valence-corrected chi connectivity index (χ3v) is 3.62. The average molecular weight is 226 g/mol. The zero-order chi connectivity index (χ0) is 11.7. The Morgan fingerprint density at radius 3 is 2.69 bits per heavy atom. The van der Waals surface area contributed by atoms with Crippen LogP contribution in [0.25, 0.3) is 0 Å². The molecule has 0 aromatic carbocycles. The second kappa shape index (κ2) is 4.41. The van der Waals surface area contributed by atoms with Crippen molar-refractivity contribution in [2.24, 2.45) is 5.92 Å². The summed E-state index contributed by atoms with van der Waals surface area (Å²) < 4.78 is 0. The Labute approximate surface area is 94.8 Å². The van der Waals surface area contributed by atoms with Gasteiger partial charge in [0.15, 0.2) is 0 Å². The Balaban J connectivity index is 2.06. The Morgan fingerprint density at radius 2 is 2.12 bits per heavy atom. The van der Waals surface area contributed by atoms with Crippen molar-refractivity contribution in [1.29, 1.82) is 0 Å². The first-order valence-electron chi connectivity index (χ1n) is 5.88. The molecule has 2 aliphatic rings. The molecule has 0 aliphatic carbocycles. The van der Waals surface area contributed by atoms with Crippen LogP contribution in [0, 0.1) is 5.92 Å². The number of hydrogen-bond donors (Lipinski definition) is 2. The van der Waals surface area contributed by atoms with Gasteiger partial charge in [-0.25, -0.2) is 4.79 Å².